The summed E-state index contributed by atoms with van der Waals surface area (Å²) in [6.07, 6.45) is 3.60. The summed E-state index contributed by atoms with van der Waals surface area (Å²) in [5.41, 5.74) is 3.56. The van der Waals surface area contributed by atoms with Crippen molar-refractivity contribution in [2.24, 2.45) is 11.3 Å². The molecule has 2 aromatic heterocycles. The fourth-order valence-corrected chi connectivity index (χ4v) is 6.85. The molecule has 2 aliphatic rings. The van der Waals surface area contributed by atoms with Crippen molar-refractivity contribution >= 4 is 45.2 Å². The molecule has 10 heteroatoms. The number of pyridine rings is 1. The molecule has 2 aliphatic heterocycles. The highest BCUT2D eigenvalue weighted by atomic mass is 35.5. The zero-order valence-corrected chi connectivity index (χ0v) is 24.9. The minimum atomic E-state index is -0.497. The van der Waals surface area contributed by atoms with Crippen LogP contribution in [-0.2, 0) is 22.6 Å². The number of nitrogens with zero attached hydrogens (tertiary/aromatic N) is 3. The van der Waals surface area contributed by atoms with E-state index < -0.39 is 11.7 Å². The van der Waals surface area contributed by atoms with Gasteiger partial charge in [-0.2, -0.15) is 5.10 Å². The molecule has 2 N–H and O–H groups in total. The SMILES string of the molecule is CC(C)(C)CN1Cc2c(cc(Cl)c3[nH]ncc23)C[C@@H](CC(=O)N2CCC(c3cc4ccc(F)cc4[nH]c3=O)CC2)C1=O. The summed E-state index contributed by atoms with van der Waals surface area (Å²) in [6.45, 7) is 8.34. The first-order valence-corrected chi connectivity index (χ1v) is 14.9. The second kappa shape index (κ2) is 10.8. The predicted octanol–water partition coefficient (Wildman–Crippen LogP) is 5.54. The van der Waals surface area contributed by atoms with Crippen LogP contribution in [0, 0.1) is 17.2 Å². The Hall–Kier alpha value is -3.72. The van der Waals surface area contributed by atoms with Crippen LogP contribution in [0.3, 0.4) is 0 Å². The van der Waals surface area contributed by atoms with Crippen LogP contribution in [0.25, 0.3) is 21.8 Å². The molecule has 1 saturated heterocycles. The summed E-state index contributed by atoms with van der Waals surface area (Å²) in [4.78, 5) is 46.8. The fraction of sp³-hybridized carbons (Fsp3) is 0.438. The minimum Gasteiger partial charge on any atom is -0.343 e. The molecule has 42 heavy (non-hydrogen) atoms. The number of amides is 2. The molecule has 220 valence electrons. The van der Waals surface area contributed by atoms with Crippen LogP contribution in [0.2, 0.25) is 5.02 Å². The number of carbonyl (C=O) groups excluding carboxylic acids is 2. The number of aromatic nitrogens is 3. The third kappa shape index (κ3) is 5.54. The number of nitrogens with one attached hydrogen (secondary N) is 2. The first-order valence-electron chi connectivity index (χ1n) is 14.5. The lowest BCUT2D eigenvalue weighted by atomic mass is 9.88. The van der Waals surface area contributed by atoms with E-state index in [4.69, 9.17) is 11.6 Å². The molecule has 1 atom stereocenters. The van der Waals surface area contributed by atoms with E-state index in [9.17, 15) is 18.8 Å². The molecule has 0 aliphatic carbocycles. The van der Waals surface area contributed by atoms with Crippen LogP contribution in [0.5, 0.6) is 0 Å². The number of carbonyl (C=O) groups is 2. The number of H-pyrrole nitrogens is 2. The van der Waals surface area contributed by atoms with Gasteiger partial charge in [0, 0.05) is 43.5 Å². The second-order valence-corrected chi connectivity index (χ2v) is 13.4. The topological polar surface area (TPSA) is 102 Å². The Morgan fingerprint density at radius 2 is 1.90 bits per heavy atom. The van der Waals surface area contributed by atoms with E-state index in [1.54, 1.807) is 12.3 Å². The highest BCUT2D eigenvalue weighted by molar-refractivity contribution is 6.35. The van der Waals surface area contributed by atoms with Gasteiger partial charge in [-0.15, -0.1) is 0 Å². The number of benzene rings is 2. The number of likely N-dealkylation sites (tertiary alicyclic amines) is 1. The molecule has 8 nitrogen and oxygen atoms in total. The smallest absolute Gasteiger partial charge is 0.251 e. The van der Waals surface area contributed by atoms with E-state index >= 15 is 0 Å². The van der Waals surface area contributed by atoms with Crippen LogP contribution >= 0.6 is 11.6 Å². The molecular formula is C32H35ClFN5O3. The Kier molecular flexibility index (Phi) is 7.33. The van der Waals surface area contributed by atoms with E-state index in [0.29, 0.717) is 61.5 Å². The minimum absolute atomic E-state index is 0.000398. The molecule has 0 radical (unpaired) electrons. The largest absolute Gasteiger partial charge is 0.343 e. The predicted molar refractivity (Wildman–Crippen MR) is 161 cm³/mol. The van der Waals surface area contributed by atoms with Crippen molar-refractivity contribution in [3.63, 3.8) is 0 Å². The van der Waals surface area contributed by atoms with E-state index in [-0.39, 0.29) is 35.1 Å². The van der Waals surface area contributed by atoms with Crippen molar-refractivity contribution in [1.29, 1.82) is 0 Å². The van der Waals surface area contributed by atoms with Crippen molar-refractivity contribution in [3.8, 4) is 0 Å². The van der Waals surface area contributed by atoms with E-state index in [2.05, 4.69) is 36.0 Å². The Labute approximate surface area is 248 Å². The van der Waals surface area contributed by atoms with Crippen molar-refractivity contribution < 1.29 is 14.0 Å². The van der Waals surface area contributed by atoms with Gasteiger partial charge in [0.1, 0.15) is 5.82 Å². The van der Waals surface area contributed by atoms with Crippen LogP contribution in [0.1, 0.15) is 62.6 Å². The maximum Gasteiger partial charge on any atom is 0.251 e. The highest BCUT2D eigenvalue weighted by Gasteiger charge is 2.36. The lowest BCUT2D eigenvalue weighted by Crippen LogP contribution is -2.43. The number of piperidine rings is 1. The standard InChI is InChI=1S/C32H35ClFN5O3/c1-32(2,3)17-39-16-25-20(12-26(33)29-24(25)15-35-37-29)10-21(31(39)42)13-28(40)38-8-6-18(7-9-38)23-11-19-4-5-22(34)14-27(19)36-30(23)41/h4-5,11-12,14-15,18,21H,6-10,13,16-17H2,1-3H3,(H,35,37)(H,36,41)/t21-/m0/s1. The molecule has 0 unspecified atom stereocenters. The van der Waals surface area contributed by atoms with Gasteiger partial charge >= 0.3 is 0 Å². The van der Waals surface area contributed by atoms with E-state index in [1.807, 2.05) is 21.9 Å². The molecule has 6 rings (SSSR count). The Balaban J connectivity index is 1.19. The number of fused-ring (bicyclic) bond motifs is 4. The van der Waals surface area contributed by atoms with Crippen molar-refractivity contribution in [2.75, 3.05) is 19.6 Å². The summed E-state index contributed by atoms with van der Waals surface area (Å²) < 4.78 is 13.6. The lowest BCUT2D eigenvalue weighted by Gasteiger charge is -2.34. The monoisotopic (exact) mass is 591 g/mol. The van der Waals surface area contributed by atoms with E-state index in [1.165, 1.54) is 12.1 Å². The van der Waals surface area contributed by atoms with Gasteiger partial charge in [0.05, 0.1) is 28.2 Å². The Bertz CT molecular complexity index is 1750. The van der Waals surface area contributed by atoms with Gasteiger partial charge in [-0.05, 0) is 77.4 Å². The lowest BCUT2D eigenvalue weighted by molar-refractivity contribution is -0.142. The molecule has 4 aromatic rings. The molecule has 1 fully saturated rings. The summed E-state index contributed by atoms with van der Waals surface area (Å²) in [7, 11) is 0. The van der Waals surface area contributed by atoms with Gasteiger partial charge < -0.3 is 14.8 Å². The first-order chi connectivity index (χ1) is 20.0. The maximum atomic E-state index is 13.9. The normalized spacial score (nSPS) is 18.5. The quantitative estimate of drug-likeness (QED) is 0.325. The summed E-state index contributed by atoms with van der Waals surface area (Å²) in [5.74, 6) is -0.961. The van der Waals surface area contributed by atoms with Crippen LogP contribution in [-0.4, -0.2) is 56.4 Å². The number of rotatable bonds is 4. The molecule has 0 spiro atoms. The molecule has 2 amide bonds. The van der Waals surface area contributed by atoms with Crippen LogP contribution in [0.4, 0.5) is 4.39 Å². The van der Waals surface area contributed by atoms with Crippen molar-refractivity contribution in [3.05, 3.63) is 74.4 Å². The van der Waals surface area contributed by atoms with Gasteiger partial charge in [-0.25, -0.2) is 4.39 Å². The summed E-state index contributed by atoms with van der Waals surface area (Å²) in [6, 6.07) is 8.11. The highest BCUT2D eigenvalue weighted by Crippen LogP contribution is 2.36. The molecule has 0 saturated carbocycles. The van der Waals surface area contributed by atoms with Crippen molar-refractivity contribution in [2.45, 2.75) is 58.9 Å². The Morgan fingerprint density at radius 3 is 2.64 bits per heavy atom. The van der Waals surface area contributed by atoms with Gasteiger partial charge in [0.2, 0.25) is 11.8 Å². The zero-order valence-electron chi connectivity index (χ0n) is 24.1. The maximum absolute atomic E-state index is 13.9. The first kappa shape index (κ1) is 28.4. The van der Waals surface area contributed by atoms with Crippen LogP contribution in [0.15, 0.2) is 41.3 Å². The summed E-state index contributed by atoms with van der Waals surface area (Å²) in [5, 5.41) is 9.40. The number of aromatic amines is 2. The van der Waals surface area contributed by atoms with Gasteiger partial charge in [0.15, 0.2) is 0 Å². The number of hydrogen-bond acceptors (Lipinski definition) is 4. The zero-order chi connectivity index (χ0) is 29.8. The third-order valence-corrected chi connectivity index (χ3v) is 8.88. The number of halogens is 2. The van der Waals surface area contributed by atoms with Gasteiger partial charge in [-0.3, -0.25) is 19.5 Å². The van der Waals surface area contributed by atoms with Crippen LogP contribution < -0.4 is 5.56 Å². The van der Waals surface area contributed by atoms with E-state index in [0.717, 1.165) is 27.4 Å². The third-order valence-electron chi connectivity index (χ3n) is 8.58. The second-order valence-electron chi connectivity index (χ2n) is 13.0. The van der Waals surface area contributed by atoms with Crippen molar-refractivity contribution in [1.82, 2.24) is 25.0 Å². The van der Waals surface area contributed by atoms with Gasteiger partial charge in [-0.1, -0.05) is 32.4 Å². The average molecular weight is 592 g/mol. The average Bonchev–Trinajstić information content (AvgIpc) is 3.39. The van der Waals surface area contributed by atoms with Gasteiger partial charge in [0.25, 0.3) is 5.56 Å². The fourth-order valence-electron chi connectivity index (χ4n) is 6.57. The summed E-state index contributed by atoms with van der Waals surface area (Å²) >= 11 is 6.57. The molecule has 0 bridgehead atoms. The molecule has 4 heterocycles. The molecular weight excluding hydrogens is 557 g/mol. The number of hydrogen-bond donors (Lipinski definition) is 2. The Morgan fingerprint density at radius 1 is 1.14 bits per heavy atom. The molecule has 2 aromatic carbocycles.